The van der Waals surface area contributed by atoms with Crippen molar-refractivity contribution >= 4 is 0 Å². The van der Waals surface area contributed by atoms with Crippen molar-refractivity contribution in [2.24, 2.45) is 35.0 Å². The third-order valence-corrected chi connectivity index (χ3v) is 5.20. The van der Waals surface area contributed by atoms with Crippen molar-refractivity contribution in [2.45, 2.75) is 40.0 Å². The summed E-state index contributed by atoms with van der Waals surface area (Å²) in [7, 11) is 0. The Kier molecular flexibility index (Phi) is 1.18. The second-order valence-electron chi connectivity index (χ2n) is 5.85. The van der Waals surface area contributed by atoms with Crippen LogP contribution in [-0.2, 0) is 0 Å². The monoisotopic (exact) mass is 164 g/mol. The molecule has 6 atom stereocenters. The van der Waals surface area contributed by atoms with Crippen LogP contribution in [0.2, 0.25) is 0 Å². The van der Waals surface area contributed by atoms with Gasteiger partial charge in [0.2, 0.25) is 0 Å². The highest BCUT2D eigenvalue weighted by molar-refractivity contribution is 5.18. The van der Waals surface area contributed by atoms with Crippen molar-refractivity contribution in [3.05, 3.63) is 0 Å². The van der Waals surface area contributed by atoms with Gasteiger partial charge in [0, 0.05) is 0 Å². The van der Waals surface area contributed by atoms with Gasteiger partial charge in [-0.15, -0.1) is 0 Å². The largest absolute Gasteiger partial charge is 0.0651 e. The molecule has 0 aliphatic heterocycles. The van der Waals surface area contributed by atoms with Crippen molar-refractivity contribution in [3.63, 3.8) is 0 Å². The summed E-state index contributed by atoms with van der Waals surface area (Å²) in [5.74, 6) is 5.64. The van der Waals surface area contributed by atoms with E-state index in [0.717, 1.165) is 35.0 Å². The van der Waals surface area contributed by atoms with Crippen molar-refractivity contribution < 1.29 is 0 Å². The van der Waals surface area contributed by atoms with Gasteiger partial charge in [-0.2, -0.15) is 0 Å². The third kappa shape index (κ3) is 0.701. The summed E-state index contributed by atoms with van der Waals surface area (Å²) in [6.45, 7) is 7.41. The van der Waals surface area contributed by atoms with E-state index in [0.29, 0.717) is 0 Å². The molecule has 0 heteroatoms. The summed E-state index contributed by atoms with van der Waals surface area (Å²) < 4.78 is 0. The van der Waals surface area contributed by atoms with Crippen LogP contribution in [0.15, 0.2) is 0 Å². The molecule has 12 heavy (non-hydrogen) atoms. The Hall–Kier alpha value is 0. The topological polar surface area (TPSA) is 0 Å². The molecule has 3 saturated carbocycles. The normalized spacial score (nSPS) is 66.8. The molecule has 0 spiro atoms. The lowest BCUT2D eigenvalue weighted by atomic mass is 9.80. The zero-order valence-electron chi connectivity index (χ0n) is 8.51. The summed E-state index contributed by atoms with van der Waals surface area (Å²) in [6.07, 6.45) is 4.56. The fourth-order valence-electron chi connectivity index (χ4n) is 4.33. The maximum atomic E-state index is 2.53. The Morgan fingerprint density at radius 3 is 2.67 bits per heavy atom. The average Bonchev–Trinajstić information content (AvgIpc) is 2.86. The first-order chi connectivity index (χ1) is 5.67. The second-order valence-corrected chi connectivity index (χ2v) is 5.85. The maximum Gasteiger partial charge on any atom is -0.0289 e. The minimum atomic E-state index is 0.812. The Bertz CT molecular complexity index is 216. The van der Waals surface area contributed by atoms with Crippen molar-refractivity contribution in [1.82, 2.24) is 0 Å². The van der Waals surface area contributed by atoms with Crippen LogP contribution >= 0.6 is 0 Å². The van der Waals surface area contributed by atoms with Crippen LogP contribution in [0, 0.1) is 35.0 Å². The van der Waals surface area contributed by atoms with E-state index < -0.39 is 0 Å². The van der Waals surface area contributed by atoms with Gasteiger partial charge in [0.1, 0.15) is 0 Å². The number of hydrogen-bond acceptors (Lipinski definition) is 0. The first kappa shape index (κ1) is 7.41. The Morgan fingerprint density at radius 2 is 2.00 bits per heavy atom. The van der Waals surface area contributed by atoms with E-state index in [1.54, 1.807) is 12.8 Å². The molecule has 68 valence electrons. The van der Waals surface area contributed by atoms with Gasteiger partial charge >= 0.3 is 0 Å². The van der Waals surface area contributed by atoms with Crippen LogP contribution in [-0.4, -0.2) is 0 Å². The molecular formula is C12H20. The molecule has 0 aromatic carbocycles. The molecule has 3 aliphatic rings. The molecule has 0 radical (unpaired) electrons. The Labute approximate surface area is 75.7 Å². The van der Waals surface area contributed by atoms with Crippen molar-refractivity contribution in [2.75, 3.05) is 0 Å². The molecule has 0 bridgehead atoms. The van der Waals surface area contributed by atoms with Gasteiger partial charge in [0.25, 0.3) is 0 Å². The van der Waals surface area contributed by atoms with Crippen LogP contribution in [0.5, 0.6) is 0 Å². The lowest BCUT2D eigenvalue weighted by molar-refractivity contribution is 0.247. The van der Waals surface area contributed by atoms with E-state index in [2.05, 4.69) is 20.8 Å². The summed E-state index contributed by atoms with van der Waals surface area (Å²) in [4.78, 5) is 0. The Morgan fingerprint density at radius 1 is 1.25 bits per heavy atom. The van der Waals surface area contributed by atoms with Crippen molar-refractivity contribution in [3.8, 4) is 0 Å². The molecule has 3 fully saturated rings. The standard InChI is InChI=1S/C12H20/c1-4-8-5-12(3)6-9(12)11-7(2)10(8)11/h7-11H,4-6H2,1-3H3. The lowest BCUT2D eigenvalue weighted by Crippen LogP contribution is -2.17. The van der Waals surface area contributed by atoms with Gasteiger partial charge in [-0.1, -0.05) is 27.2 Å². The van der Waals surface area contributed by atoms with E-state index in [9.17, 15) is 0 Å². The molecule has 0 aromatic rings. The van der Waals surface area contributed by atoms with Crippen LogP contribution in [0.3, 0.4) is 0 Å². The molecule has 3 rings (SSSR count). The SMILES string of the molecule is CCC1CC2(C)CC2C2C(C)C12. The lowest BCUT2D eigenvalue weighted by Gasteiger charge is -2.24. The third-order valence-electron chi connectivity index (χ3n) is 5.20. The Balaban J connectivity index is 1.84. The molecule has 0 amide bonds. The van der Waals surface area contributed by atoms with Crippen LogP contribution < -0.4 is 0 Å². The van der Waals surface area contributed by atoms with Crippen molar-refractivity contribution in [1.29, 1.82) is 0 Å². The first-order valence-electron chi connectivity index (χ1n) is 5.67. The predicted octanol–water partition coefficient (Wildman–Crippen LogP) is 3.32. The van der Waals surface area contributed by atoms with Crippen LogP contribution in [0.25, 0.3) is 0 Å². The van der Waals surface area contributed by atoms with E-state index in [4.69, 9.17) is 0 Å². The van der Waals surface area contributed by atoms with Gasteiger partial charge < -0.3 is 0 Å². The van der Waals surface area contributed by atoms with Gasteiger partial charge in [0.05, 0.1) is 0 Å². The number of rotatable bonds is 1. The first-order valence-corrected chi connectivity index (χ1v) is 5.67. The number of fused-ring (bicyclic) bond motifs is 3. The fourth-order valence-corrected chi connectivity index (χ4v) is 4.33. The summed E-state index contributed by atoms with van der Waals surface area (Å²) in [5.41, 5.74) is 0.812. The fraction of sp³-hybridized carbons (Fsp3) is 1.00. The van der Waals surface area contributed by atoms with Gasteiger partial charge in [0.15, 0.2) is 0 Å². The zero-order chi connectivity index (χ0) is 8.51. The highest BCUT2D eigenvalue weighted by Gasteiger charge is 2.69. The van der Waals surface area contributed by atoms with Gasteiger partial charge in [-0.3, -0.25) is 0 Å². The molecule has 0 nitrogen and oxygen atoms in total. The summed E-state index contributed by atoms with van der Waals surface area (Å²) in [6, 6.07) is 0. The van der Waals surface area contributed by atoms with E-state index >= 15 is 0 Å². The van der Waals surface area contributed by atoms with E-state index in [1.807, 2.05) is 0 Å². The van der Waals surface area contributed by atoms with Gasteiger partial charge in [-0.25, -0.2) is 0 Å². The molecule has 0 heterocycles. The minimum absolute atomic E-state index is 0.812. The highest BCUT2D eigenvalue weighted by atomic mass is 14.7. The minimum Gasteiger partial charge on any atom is -0.0651 e. The van der Waals surface area contributed by atoms with E-state index in [1.165, 1.54) is 6.42 Å². The van der Waals surface area contributed by atoms with Crippen LogP contribution in [0.1, 0.15) is 40.0 Å². The molecule has 0 saturated heterocycles. The smallest absolute Gasteiger partial charge is 0.0289 e. The molecule has 0 N–H and O–H groups in total. The predicted molar refractivity (Wildman–Crippen MR) is 50.8 cm³/mol. The number of hydrogen-bond donors (Lipinski definition) is 0. The second kappa shape index (κ2) is 1.91. The van der Waals surface area contributed by atoms with Gasteiger partial charge in [-0.05, 0) is 47.8 Å². The van der Waals surface area contributed by atoms with Crippen LogP contribution in [0.4, 0.5) is 0 Å². The quantitative estimate of drug-likeness (QED) is 0.557. The summed E-state index contributed by atoms with van der Waals surface area (Å²) in [5, 5.41) is 0. The molecule has 6 unspecified atom stereocenters. The molecular weight excluding hydrogens is 144 g/mol. The van der Waals surface area contributed by atoms with E-state index in [-0.39, 0.29) is 0 Å². The molecule has 3 aliphatic carbocycles. The maximum absolute atomic E-state index is 2.53. The molecule has 0 aromatic heterocycles. The zero-order valence-corrected chi connectivity index (χ0v) is 8.51. The average molecular weight is 164 g/mol. The highest BCUT2D eigenvalue weighted by Crippen LogP contribution is 2.76. The summed E-state index contributed by atoms with van der Waals surface area (Å²) >= 11 is 0.